The van der Waals surface area contributed by atoms with E-state index < -0.39 is 0 Å². The standard InChI is InChI=1S/C13H22N2OS/c1-5-13(2,3)15(4)12-14-11(9-6-7-9)10(8-16)17-12/h9,16H,5-8H2,1-4H3. The molecular formula is C13H22N2OS. The zero-order valence-electron chi connectivity index (χ0n) is 11.2. The highest BCUT2D eigenvalue weighted by molar-refractivity contribution is 7.15. The van der Waals surface area contributed by atoms with E-state index in [4.69, 9.17) is 4.98 Å². The van der Waals surface area contributed by atoms with Crippen LogP contribution in [0.25, 0.3) is 0 Å². The van der Waals surface area contributed by atoms with Crippen molar-refractivity contribution in [1.29, 1.82) is 0 Å². The minimum absolute atomic E-state index is 0.116. The first kappa shape index (κ1) is 12.8. The van der Waals surface area contributed by atoms with Crippen molar-refractivity contribution in [3.63, 3.8) is 0 Å². The number of aromatic nitrogens is 1. The molecule has 1 N–H and O–H groups in total. The molecule has 1 aromatic rings. The minimum atomic E-state index is 0.116. The van der Waals surface area contributed by atoms with Crippen LogP contribution in [0, 0.1) is 0 Å². The molecule has 1 aromatic heterocycles. The zero-order valence-corrected chi connectivity index (χ0v) is 12.0. The van der Waals surface area contributed by atoms with Crippen LogP contribution in [0.1, 0.15) is 56.5 Å². The van der Waals surface area contributed by atoms with Crippen molar-refractivity contribution in [3.8, 4) is 0 Å². The summed E-state index contributed by atoms with van der Waals surface area (Å²) in [5.74, 6) is 0.611. The van der Waals surface area contributed by atoms with Gasteiger partial charge in [-0.2, -0.15) is 0 Å². The van der Waals surface area contributed by atoms with Crippen molar-refractivity contribution in [2.45, 2.75) is 58.1 Å². The molecule has 3 nitrogen and oxygen atoms in total. The van der Waals surface area contributed by atoms with Gasteiger partial charge in [-0.3, -0.25) is 0 Å². The summed E-state index contributed by atoms with van der Waals surface area (Å²) in [6, 6.07) is 0. The van der Waals surface area contributed by atoms with E-state index in [1.807, 2.05) is 0 Å². The van der Waals surface area contributed by atoms with Gasteiger partial charge in [-0.15, -0.1) is 0 Å². The second-order valence-electron chi connectivity index (χ2n) is 5.46. The van der Waals surface area contributed by atoms with Crippen LogP contribution in [0.5, 0.6) is 0 Å². The van der Waals surface area contributed by atoms with E-state index in [1.54, 1.807) is 11.3 Å². The molecule has 1 aliphatic carbocycles. The van der Waals surface area contributed by atoms with Gasteiger partial charge in [0.15, 0.2) is 5.13 Å². The van der Waals surface area contributed by atoms with Crippen LogP contribution in [-0.4, -0.2) is 22.7 Å². The fraction of sp³-hybridized carbons (Fsp3) is 0.769. The lowest BCUT2D eigenvalue weighted by Gasteiger charge is -2.34. The quantitative estimate of drug-likeness (QED) is 0.877. The van der Waals surface area contributed by atoms with E-state index in [9.17, 15) is 5.11 Å². The first-order valence-electron chi connectivity index (χ1n) is 6.34. The number of rotatable bonds is 5. The molecule has 1 saturated carbocycles. The van der Waals surface area contributed by atoms with Gasteiger partial charge in [-0.25, -0.2) is 4.98 Å². The lowest BCUT2D eigenvalue weighted by Crippen LogP contribution is -2.40. The summed E-state index contributed by atoms with van der Waals surface area (Å²) >= 11 is 1.64. The maximum Gasteiger partial charge on any atom is 0.186 e. The highest BCUT2D eigenvalue weighted by Crippen LogP contribution is 2.44. The summed E-state index contributed by atoms with van der Waals surface area (Å²) < 4.78 is 0. The number of thiazole rings is 1. The Morgan fingerprint density at radius 1 is 1.47 bits per heavy atom. The normalized spacial score (nSPS) is 16.3. The third-order valence-corrected chi connectivity index (χ3v) is 5.02. The predicted octanol–water partition coefficient (Wildman–Crippen LogP) is 3.14. The van der Waals surface area contributed by atoms with E-state index in [1.165, 1.54) is 12.8 Å². The summed E-state index contributed by atoms with van der Waals surface area (Å²) in [7, 11) is 2.10. The monoisotopic (exact) mass is 254 g/mol. The van der Waals surface area contributed by atoms with E-state index in [2.05, 4.69) is 32.7 Å². The van der Waals surface area contributed by atoms with Crippen LogP contribution in [0.4, 0.5) is 5.13 Å². The van der Waals surface area contributed by atoms with Crippen LogP contribution >= 0.6 is 11.3 Å². The van der Waals surface area contributed by atoms with Crippen molar-refractivity contribution >= 4 is 16.5 Å². The lowest BCUT2D eigenvalue weighted by molar-refractivity contribution is 0.284. The molecule has 0 unspecified atom stereocenters. The molecule has 0 bridgehead atoms. The van der Waals surface area contributed by atoms with Crippen LogP contribution < -0.4 is 4.90 Å². The van der Waals surface area contributed by atoms with Gasteiger partial charge >= 0.3 is 0 Å². The maximum absolute atomic E-state index is 9.40. The molecule has 0 aliphatic heterocycles. The summed E-state index contributed by atoms with van der Waals surface area (Å²) in [6.45, 7) is 6.77. The molecular weight excluding hydrogens is 232 g/mol. The Hall–Kier alpha value is -0.610. The maximum atomic E-state index is 9.40. The molecule has 0 atom stereocenters. The highest BCUT2D eigenvalue weighted by atomic mass is 32.1. The van der Waals surface area contributed by atoms with Gasteiger partial charge in [-0.05, 0) is 33.1 Å². The van der Waals surface area contributed by atoms with Gasteiger partial charge in [-0.1, -0.05) is 18.3 Å². The summed E-state index contributed by atoms with van der Waals surface area (Å²) in [5, 5.41) is 10.4. The number of nitrogens with zero attached hydrogens (tertiary/aromatic N) is 2. The van der Waals surface area contributed by atoms with Crippen LogP contribution in [0.15, 0.2) is 0 Å². The Balaban J connectivity index is 2.26. The van der Waals surface area contributed by atoms with E-state index in [0.29, 0.717) is 5.92 Å². The van der Waals surface area contributed by atoms with Crippen molar-refractivity contribution in [2.75, 3.05) is 11.9 Å². The average Bonchev–Trinajstić information content (AvgIpc) is 3.07. The Morgan fingerprint density at radius 3 is 2.59 bits per heavy atom. The molecule has 0 spiro atoms. The van der Waals surface area contributed by atoms with Crippen LogP contribution in [-0.2, 0) is 6.61 Å². The van der Waals surface area contributed by atoms with Gasteiger partial charge in [0, 0.05) is 18.5 Å². The molecule has 0 aromatic carbocycles. The number of aliphatic hydroxyl groups excluding tert-OH is 1. The highest BCUT2D eigenvalue weighted by Gasteiger charge is 2.31. The summed E-state index contributed by atoms with van der Waals surface area (Å²) in [4.78, 5) is 8.04. The number of aliphatic hydroxyl groups is 1. The smallest absolute Gasteiger partial charge is 0.186 e. The number of anilines is 1. The fourth-order valence-electron chi connectivity index (χ4n) is 1.78. The van der Waals surface area contributed by atoms with Crippen molar-refractivity contribution in [2.24, 2.45) is 0 Å². The second-order valence-corrected chi connectivity index (χ2v) is 6.52. The first-order chi connectivity index (χ1) is 7.99. The van der Waals surface area contributed by atoms with E-state index in [0.717, 1.165) is 22.1 Å². The average molecular weight is 254 g/mol. The molecule has 1 heterocycles. The van der Waals surface area contributed by atoms with E-state index in [-0.39, 0.29) is 12.1 Å². The Bertz CT molecular complexity index is 396. The first-order valence-corrected chi connectivity index (χ1v) is 7.15. The third-order valence-electron chi connectivity index (χ3n) is 3.88. The molecule has 0 amide bonds. The van der Waals surface area contributed by atoms with Crippen molar-refractivity contribution in [3.05, 3.63) is 10.6 Å². The third kappa shape index (κ3) is 2.47. The van der Waals surface area contributed by atoms with Gasteiger partial charge < -0.3 is 10.0 Å². The Labute approximate surface area is 107 Å². The summed E-state index contributed by atoms with van der Waals surface area (Å²) in [6.07, 6.45) is 3.55. The molecule has 96 valence electrons. The van der Waals surface area contributed by atoms with Crippen LogP contribution in [0.3, 0.4) is 0 Å². The van der Waals surface area contributed by atoms with Gasteiger partial charge in [0.1, 0.15) is 0 Å². The van der Waals surface area contributed by atoms with Crippen molar-refractivity contribution in [1.82, 2.24) is 4.98 Å². The second kappa shape index (κ2) is 4.58. The molecule has 0 saturated heterocycles. The van der Waals surface area contributed by atoms with Crippen LogP contribution in [0.2, 0.25) is 0 Å². The van der Waals surface area contributed by atoms with Gasteiger partial charge in [0.25, 0.3) is 0 Å². The zero-order chi connectivity index (χ0) is 12.6. The number of hydrogen-bond acceptors (Lipinski definition) is 4. The molecule has 4 heteroatoms. The lowest BCUT2D eigenvalue weighted by atomic mass is 10.0. The molecule has 2 rings (SSSR count). The fourth-order valence-corrected chi connectivity index (χ4v) is 2.91. The predicted molar refractivity (Wildman–Crippen MR) is 72.8 cm³/mol. The number of hydrogen-bond donors (Lipinski definition) is 1. The molecule has 1 fully saturated rings. The van der Waals surface area contributed by atoms with Gasteiger partial charge in [0.2, 0.25) is 0 Å². The van der Waals surface area contributed by atoms with E-state index >= 15 is 0 Å². The topological polar surface area (TPSA) is 36.4 Å². The minimum Gasteiger partial charge on any atom is -0.391 e. The Kier molecular flexibility index (Phi) is 3.46. The largest absolute Gasteiger partial charge is 0.391 e. The molecule has 1 aliphatic rings. The SMILES string of the molecule is CCC(C)(C)N(C)c1nc(C2CC2)c(CO)s1. The van der Waals surface area contributed by atoms with Crippen molar-refractivity contribution < 1.29 is 5.11 Å². The molecule has 0 radical (unpaired) electrons. The Morgan fingerprint density at radius 2 is 2.12 bits per heavy atom. The summed E-state index contributed by atoms with van der Waals surface area (Å²) in [5.41, 5.74) is 1.26. The van der Waals surface area contributed by atoms with Gasteiger partial charge in [0.05, 0.1) is 17.2 Å². The molecule has 17 heavy (non-hydrogen) atoms.